The molecule has 0 saturated carbocycles. The van der Waals surface area contributed by atoms with Crippen molar-refractivity contribution >= 4 is 17.7 Å². The van der Waals surface area contributed by atoms with Crippen LogP contribution in [0, 0.1) is 11.6 Å². The maximum Gasteiger partial charge on any atom is 0.151 e. The Morgan fingerprint density at radius 1 is 1.38 bits per heavy atom. The second kappa shape index (κ2) is 4.35. The van der Waals surface area contributed by atoms with Crippen molar-refractivity contribution in [3.63, 3.8) is 0 Å². The molecule has 0 heterocycles. The fourth-order valence-electron chi connectivity index (χ4n) is 0.865. The van der Waals surface area contributed by atoms with E-state index in [2.05, 4.69) is 0 Å². The van der Waals surface area contributed by atoms with Gasteiger partial charge in [-0.25, -0.2) is 8.78 Å². The summed E-state index contributed by atoms with van der Waals surface area (Å²) in [5.41, 5.74) is 5.41. The van der Waals surface area contributed by atoms with Crippen LogP contribution >= 0.6 is 11.6 Å². The first-order valence-electron chi connectivity index (χ1n) is 3.67. The van der Waals surface area contributed by atoms with Gasteiger partial charge in [0.05, 0.1) is 0 Å². The Balaban J connectivity index is 3.11. The molecule has 0 unspecified atom stereocenters. The lowest BCUT2D eigenvalue weighted by molar-refractivity contribution is 0.582. The highest BCUT2D eigenvalue weighted by atomic mass is 35.5. The summed E-state index contributed by atoms with van der Waals surface area (Å²) < 4.78 is 25.8. The van der Waals surface area contributed by atoms with Crippen LogP contribution in [0.25, 0.3) is 6.08 Å². The van der Waals surface area contributed by atoms with Gasteiger partial charge in [0.15, 0.2) is 5.82 Å². The third kappa shape index (κ3) is 2.26. The lowest BCUT2D eigenvalue weighted by Crippen LogP contribution is -1.93. The van der Waals surface area contributed by atoms with Crippen molar-refractivity contribution in [2.75, 3.05) is 6.54 Å². The van der Waals surface area contributed by atoms with Crippen LogP contribution in [0.15, 0.2) is 18.2 Å². The smallest absolute Gasteiger partial charge is 0.151 e. The van der Waals surface area contributed by atoms with Gasteiger partial charge < -0.3 is 5.73 Å². The monoisotopic (exact) mass is 203 g/mol. The summed E-state index contributed by atoms with van der Waals surface area (Å²) in [5, 5.41) is -0.487. The van der Waals surface area contributed by atoms with Gasteiger partial charge in [0.1, 0.15) is 10.8 Å². The van der Waals surface area contributed by atoms with E-state index in [1.165, 1.54) is 12.1 Å². The second-order valence-electron chi connectivity index (χ2n) is 2.40. The first-order chi connectivity index (χ1) is 6.16. The van der Waals surface area contributed by atoms with Crippen LogP contribution in [0.4, 0.5) is 8.78 Å². The van der Waals surface area contributed by atoms with Gasteiger partial charge in [0, 0.05) is 12.1 Å². The van der Waals surface area contributed by atoms with Crippen molar-refractivity contribution in [3.8, 4) is 0 Å². The SMILES string of the molecule is NCC=Cc1ccc(F)c(Cl)c1F. The van der Waals surface area contributed by atoms with Crippen molar-refractivity contribution in [1.29, 1.82) is 0 Å². The number of hydrogen-bond donors (Lipinski definition) is 1. The van der Waals surface area contributed by atoms with Crippen LogP contribution in [0.5, 0.6) is 0 Å². The molecular formula is C9H8ClF2N. The molecule has 0 radical (unpaired) electrons. The minimum absolute atomic E-state index is 0.233. The Morgan fingerprint density at radius 2 is 2.08 bits per heavy atom. The molecule has 1 nitrogen and oxygen atoms in total. The van der Waals surface area contributed by atoms with Crippen LogP contribution in [0.3, 0.4) is 0 Å². The van der Waals surface area contributed by atoms with Crippen LogP contribution < -0.4 is 5.73 Å². The quantitative estimate of drug-likeness (QED) is 0.735. The molecule has 1 aromatic rings. The molecule has 4 heteroatoms. The van der Waals surface area contributed by atoms with Crippen LogP contribution in [0.2, 0.25) is 5.02 Å². The molecule has 0 atom stereocenters. The molecular weight excluding hydrogens is 196 g/mol. The van der Waals surface area contributed by atoms with Crippen LogP contribution in [-0.4, -0.2) is 6.54 Å². The van der Waals surface area contributed by atoms with Crippen molar-refractivity contribution in [2.45, 2.75) is 0 Å². The Labute approximate surface area is 79.8 Å². The molecule has 2 N–H and O–H groups in total. The van der Waals surface area contributed by atoms with Crippen molar-refractivity contribution in [3.05, 3.63) is 40.4 Å². The predicted molar refractivity (Wildman–Crippen MR) is 49.5 cm³/mol. The molecule has 13 heavy (non-hydrogen) atoms. The molecule has 0 spiro atoms. The van der Waals surface area contributed by atoms with Gasteiger partial charge in [-0.2, -0.15) is 0 Å². The molecule has 70 valence electrons. The highest BCUT2D eigenvalue weighted by Gasteiger charge is 2.08. The first-order valence-corrected chi connectivity index (χ1v) is 4.04. The molecule has 0 fully saturated rings. The van der Waals surface area contributed by atoms with E-state index < -0.39 is 16.7 Å². The molecule has 0 bridgehead atoms. The average Bonchev–Trinajstić information content (AvgIpc) is 2.13. The molecule has 0 amide bonds. The zero-order valence-corrected chi connectivity index (χ0v) is 7.48. The van der Waals surface area contributed by atoms with Gasteiger partial charge in [-0.15, -0.1) is 0 Å². The highest BCUT2D eigenvalue weighted by Crippen LogP contribution is 2.22. The highest BCUT2D eigenvalue weighted by molar-refractivity contribution is 6.31. The minimum Gasteiger partial charge on any atom is -0.327 e. The number of halogens is 3. The average molecular weight is 204 g/mol. The summed E-state index contributed by atoms with van der Waals surface area (Å²) >= 11 is 5.35. The van der Waals surface area contributed by atoms with Crippen LogP contribution in [0.1, 0.15) is 5.56 Å². The summed E-state index contributed by atoms with van der Waals surface area (Å²) in [7, 11) is 0. The zero-order valence-electron chi connectivity index (χ0n) is 6.73. The van der Waals surface area contributed by atoms with E-state index in [1.807, 2.05) is 0 Å². The van der Waals surface area contributed by atoms with Crippen molar-refractivity contribution in [1.82, 2.24) is 0 Å². The lowest BCUT2D eigenvalue weighted by atomic mass is 10.2. The van der Waals surface area contributed by atoms with Gasteiger partial charge in [-0.3, -0.25) is 0 Å². The number of benzene rings is 1. The van der Waals surface area contributed by atoms with Gasteiger partial charge in [-0.1, -0.05) is 23.8 Å². The van der Waals surface area contributed by atoms with Crippen molar-refractivity contribution in [2.24, 2.45) is 5.73 Å². The largest absolute Gasteiger partial charge is 0.327 e. The Morgan fingerprint density at radius 3 is 2.69 bits per heavy atom. The minimum atomic E-state index is -0.760. The third-order valence-corrected chi connectivity index (χ3v) is 1.85. The van der Waals surface area contributed by atoms with Gasteiger partial charge in [0.25, 0.3) is 0 Å². The lowest BCUT2D eigenvalue weighted by Gasteiger charge is -1.99. The third-order valence-electron chi connectivity index (χ3n) is 1.50. The van der Waals surface area contributed by atoms with E-state index in [0.717, 1.165) is 6.07 Å². The summed E-state index contributed by atoms with van der Waals surface area (Å²) in [4.78, 5) is 0. The molecule has 0 aromatic heterocycles. The van der Waals surface area contributed by atoms with E-state index in [4.69, 9.17) is 17.3 Å². The summed E-state index contributed by atoms with van der Waals surface area (Å²) in [5.74, 6) is -1.52. The van der Waals surface area contributed by atoms with E-state index in [0.29, 0.717) is 6.54 Å². The summed E-state index contributed by atoms with van der Waals surface area (Å²) in [6.45, 7) is 0.300. The molecule has 1 rings (SSSR count). The molecule has 0 aliphatic rings. The summed E-state index contributed by atoms with van der Waals surface area (Å²) in [6.07, 6.45) is 3.02. The fourth-order valence-corrected chi connectivity index (χ4v) is 1.04. The van der Waals surface area contributed by atoms with E-state index in [1.54, 1.807) is 6.08 Å². The fraction of sp³-hybridized carbons (Fsp3) is 0.111. The maximum atomic E-state index is 13.1. The molecule has 0 saturated heterocycles. The van der Waals surface area contributed by atoms with E-state index in [-0.39, 0.29) is 5.56 Å². The van der Waals surface area contributed by atoms with Crippen molar-refractivity contribution < 1.29 is 8.78 Å². The Kier molecular flexibility index (Phi) is 3.39. The van der Waals surface area contributed by atoms with Gasteiger partial charge in [-0.05, 0) is 12.1 Å². The first kappa shape index (κ1) is 10.2. The maximum absolute atomic E-state index is 13.1. The molecule has 0 aliphatic carbocycles. The van der Waals surface area contributed by atoms with E-state index in [9.17, 15) is 8.78 Å². The van der Waals surface area contributed by atoms with Gasteiger partial charge >= 0.3 is 0 Å². The van der Waals surface area contributed by atoms with Gasteiger partial charge in [0.2, 0.25) is 0 Å². The number of hydrogen-bond acceptors (Lipinski definition) is 1. The predicted octanol–water partition coefficient (Wildman–Crippen LogP) is 2.59. The summed E-state index contributed by atoms with van der Waals surface area (Å²) in [6, 6.07) is 2.42. The topological polar surface area (TPSA) is 26.0 Å². The Hall–Kier alpha value is -0.930. The second-order valence-corrected chi connectivity index (χ2v) is 2.78. The zero-order chi connectivity index (χ0) is 9.84. The molecule has 0 aliphatic heterocycles. The molecule has 1 aromatic carbocycles. The normalized spacial score (nSPS) is 11.1. The number of nitrogens with two attached hydrogens (primary N) is 1. The van der Waals surface area contributed by atoms with Crippen LogP contribution in [-0.2, 0) is 0 Å². The number of rotatable bonds is 2. The standard InChI is InChI=1S/C9H8ClF2N/c10-8-7(11)4-3-6(9(8)12)2-1-5-13/h1-4H,5,13H2. The van der Waals surface area contributed by atoms with E-state index >= 15 is 0 Å². The Bertz CT molecular complexity index is 337.